The number of rotatable bonds is 1. The molecule has 1 rings (SSSR count). The molecule has 2 N–H and O–H groups in total. The summed E-state index contributed by atoms with van der Waals surface area (Å²) in [6.45, 7) is 1.43. The average Bonchev–Trinajstić information content (AvgIpc) is 2.23. The van der Waals surface area contributed by atoms with Gasteiger partial charge in [0.2, 0.25) is 0 Å². The maximum absolute atomic E-state index is 7.32. The number of para-hydroxylation sites is 1. The Balaban J connectivity index is 0. The molecular formula is C10H16N2O. The van der Waals surface area contributed by atoms with E-state index in [1.165, 1.54) is 14.0 Å². The summed E-state index contributed by atoms with van der Waals surface area (Å²) in [6.07, 6.45) is 0. The molecule has 0 heterocycles. The Kier molecular flexibility index (Phi) is 14.1. The van der Waals surface area contributed by atoms with Crippen molar-refractivity contribution in [3.8, 4) is 11.8 Å². The predicted molar refractivity (Wildman–Crippen MR) is 54.4 cm³/mol. The molecule has 0 aliphatic carbocycles. The van der Waals surface area contributed by atoms with Gasteiger partial charge in [-0.25, -0.2) is 0 Å². The molecule has 0 aliphatic heterocycles. The fourth-order valence-corrected chi connectivity index (χ4v) is 0.557. The minimum atomic E-state index is 0.910. The zero-order valence-corrected chi connectivity index (χ0v) is 8.32. The van der Waals surface area contributed by atoms with Gasteiger partial charge in [-0.3, -0.25) is 0 Å². The highest BCUT2D eigenvalue weighted by molar-refractivity contribution is 5.20. The van der Waals surface area contributed by atoms with Crippen molar-refractivity contribution >= 4 is 0 Å². The normalized spacial score (nSPS) is 6.38. The van der Waals surface area contributed by atoms with E-state index in [2.05, 4.69) is 5.73 Å². The molecule has 0 saturated heterocycles. The zero-order valence-electron chi connectivity index (χ0n) is 8.32. The van der Waals surface area contributed by atoms with Gasteiger partial charge in [0, 0.05) is 6.92 Å². The van der Waals surface area contributed by atoms with Crippen molar-refractivity contribution < 1.29 is 4.74 Å². The van der Waals surface area contributed by atoms with Crippen LogP contribution in [0.3, 0.4) is 0 Å². The molecule has 0 bridgehead atoms. The molecule has 13 heavy (non-hydrogen) atoms. The summed E-state index contributed by atoms with van der Waals surface area (Å²) in [6, 6.07) is 11.4. The van der Waals surface area contributed by atoms with Gasteiger partial charge in [-0.05, 0) is 19.2 Å². The average molecular weight is 180 g/mol. The van der Waals surface area contributed by atoms with Gasteiger partial charge in [-0.15, -0.1) is 0 Å². The Morgan fingerprint density at radius 2 is 1.62 bits per heavy atom. The van der Waals surface area contributed by atoms with Crippen molar-refractivity contribution in [3.05, 3.63) is 30.3 Å². The van der Waals surface area contributed by atoms with Gasteiger partial charge in [-0.1, -0.05) is 18.2 Å². The maximum Gasteiger partial charge on any atom is 0.118 e. The quantitative estimate of drug-likeness (QED) is 0.716. The first-order valence-electron chi connectivity index (χ1n) is 3.82. The molecule has 0 atom stereocenters. The van der Waals surface area contributed by atoms with Crippen LogP contribution in [0, 0.1) is 11.3 Å². The zero-order chi connectivity index (χ0) is 10.5. The van der Waals surface area contributed by atoms with Crippen LogP contribution < -0.4 is 10.5 Å². The molecule has 1 aromatic carbocycles. The van der Waals surface area contributed by atoms with Crippen molar-refractivity contribution in [1.29, 1.82) is 5.26 Å². The number of nitriles is 1. The van der Waals surface area contributed by atoms with Crippen LogP contribution in [0.15, 0.2) is 30.3 Å². The molecule has 0 aliphatic rings. The van der Waals surface area contributed by atoms with E-state index in [4.69, 9.17) is 10.00 Å². The Morgan fingerprint density at radius 3 is 1.85 bits per heavy atom. The van der Waals surface area contributed by atoms with E-state index in [9.17, 15) is 0 Å². The largest absolute Gasteiger partial charge is 0.497 e. The maximum atomic E-state index is 7.32. The number of methoxy groups -OCH3 is 1. The number of ether oxygens (including phenoxy) is 1. The van der Waals surface area contributed by atoms with Crippen molar-refractivity contribution in [1.82, 2.24) is 0 Å². The molecule has 0 aromatic heterocycles. The van der Waals surface area contributed by atoms with Crippen LogP contribution in [0.1, 0.15) is 6.92 Å². The van der Waals surface area contributed by atoms with Gasteiger partial charge >= 0.3 is 0 Å². The van der Waals surface area contributed by atoms with Crippen LogP contribution in [-0.4, -0.2) is 14.2 Å². The van der Waals surface area contributed by atoms with E-state index >= 15 is 0 Å². The SMILES string of the molecule is CC#N.CN.COc1ccccc1. The van der Waals surface area contributed by atoms with E-state index in [0.29, 0.717) is 0 Å². The Labute approximate surface area is 79.7 Å². The lowest BCUT2D eigenvalue weighted by Crippen LogP contribution is -1.78. The summed E-state index contributed by atoms with van der Waals surface area (Å²) in [5, 5.41) is 7.32. The topological polar surface area (TPSA) is 59.0 Å². The molecule has 3 nitrogen and oxygen atoms in total. The third kappa shape index (κ3) is 10.5. The summed E-state index contributed by atoms with van der Waals surface area (Å²) in [5.41, 5.74) is 4.50. The van der Waals surface area contributed by atoms with Crippen molar-refractivity contribution in [2.24, 2.45) is 5.73 Å². The lowest BCUT2D eigenvalue weighted by atomic mass is 10.3. The first kappa shape index (κ1) is 14.0. The molecule has 0 amide bonds. The van der Waals surface area contributed by atoms with Crippen LogP contribution >= 0.6 is 0 Å². The second-order valence-electron chi connectivity index (χ2n) is 1.74. The summed E-state index contributed by atoms with van der Waals surface area (Å²) >= 11 is 0. The minimum absolute atomic E-state index is 0.910. The van der Waals surface area contributed by atoms with Crippen LogP contribution in [-0.2, 0) is 0 Å². The van der Waals surface area contributed by atoms with Crippen molar-refractivity contribution in [2.75, 3.05) is 14.2 Å². The summed E-state index contributed by atoms with van der Waals surface area (Å²) in [4.78, 5) is 0. The summed E-state index contributed by atoms with van der Waals surface area (Å²) < 4.78 is 4.91. The second-order valence-corrected chi connectivity index (χ2v) is 1.74. The monoisotopic (exact) mass is 180 g/mol. The van der Waals surface area contributed by atoms with E-state index < -0.39 is 0 Å². The van der Waals surface area contributed by atoms with Gasteiger partial charge < -0.3 is 10.5 Å². The van der Waals surface area contributed by atoms with E-state index in [1.807, 2.05) is 30.3 Å². The number of benzene rings is 1. The smallest absolute Gasteiger partial charge is 0.118 e. The molecule has 0 spiro atoms. The van der Waals surface area contributed by atoms with Crippen LogP contribution in [0.25, 0.3) is 0 Å². The van der Waals surface area contributed by atoms with Crippen molar-refractivity contribution in [2.45, 2.75) is 6.92 Å². The molecule has 0 unspecified atom stereocenters. The summed E-state index contributed by atoms with van der Waals surface area (Å²) in [7, 11) is 3.16. The summed E-state index contributed by atoms with van der Waals surface area (Å²) in [5.74, 6) is 0.910. The van der Waals surface area contributed by atoms with Gasteiger partial charge in [-0.2, -0.15) is 5.26 Å². The number of hydrogen-bond donors (Lipinski definition) is 1. The van der Waals surface area contributed by atoms with Gasteiger partial charge in [0.25, 0.3) is 0 Å². The highest BCUT2D eigenvalue weighted by Crippen LogP contribution is 2.05. The molecule has 1 aromatic rings. The molecule has 72 valence electrons. The van der Waals surface area contributed by atoms with Crippen LogP contribution in [0.4, 0.5) is 0 Å². The van der Waals surface area contributed by atoms with E-state index in [-0.39, 0.29) is 0 Å². The number of nitrogens with two attached hydrogens (primary N) is 1. The fourth-order valence-electron chi connectivity index (χ4n) is 0.557. The Bertz CT molecular complexity index is 216. The molecule has 0 fully saturated rings. The molecular weight excluding hydrogens is 164 g/mol. The predicted octanol–water partition coefficient (Wildman–Crippen LogP) is 1.80. The van der Waals surface area contributed by atoms with E-state index in [0.717, 1.165) is 5.75 Å². The fraction of sp³-hybridized carbons (Fsp3) is 0.300. The minimum Gasteiger partial charge on any atom is -0.497 e. The standard InChI is InChI=1S/C7H8O.C2H3N.CH5N/c1-8-7-5-3-2-4-6-7;1-2-3;1-2/h2-6H,1H3;1H3;2H2,1H3. The van der Waals surface area contributed by atoms with Crippen LogP contribution in [0.5, 0.6) is 5.75 Å². The van der Waals surface area contributed by atoms with Gasteiger partial charge in [0.15, 0.2) is 0 Å². The Hall–Kier alpha value is -1.53. The molecule has 0 saturated carbocycles. The third-order valence-corrected chi connectivity index (χ3v) is 0.979. The molecule has 3 heteroatoms. The molecule has 0 radical (unpaired) electrons. The van der Waals surface area contributed by atoms with Crippen LogP contribution in [0.2, 0.25) is 0 Å². The van der Waals surface area contributed by atoms with E-state index in [1.54, 1.807) is 13.2 Å². The van der Waals surface area contributed by atoms with Gasteiger partial charge in [0.1, 0.15) is 5.75 Å². The first-order valence-corrected chi connectivity index (χ1v) is 3.82. The first-order chi connectivity index (χ1) is 6.35. The second kappa shape index (κ2) is 13.1. The highest BCUT2D eigenvalue weighted by Gasteiger charge is 1.80. The number of hydrogen-bond acceptors (Lipinski definition) is 3. The van der Waals surface area contributed by atoms with Gasteiger partial charge in [0.05, 0.1) is 13.2 Å². The number of nitrogens with zero attached hydrogens (tertiary/aromatic N) is 1. The lowest BCUT2D eigenvalue weighted by molar-refractivity contribution is 0.415. The Morgan fingerprint density at radius 1 is 1.23 bits per heavy atom. The third-order valence-electron chi connectivity index (χ3n) is 0.979. The highest BCUT2D eigenvalue weighted by atomic mass is 16.5. The van der Waals surface area contributed by atoms with Crippen molar-refractivity contribution in [3.63, 3.8) is 0 Å². The lowest BCUT2D eigenvalue weighted by Gasteiger charge is -1.93.